The number of nitrogens with zero attached hydrogens (tertiary/aromatic N) is 10. The molecule has 0 aromatic carbocycles. The van der Waals surface area contributed by atoms with Crippen molar-refractivity contribution < 1.29 is 147 Å². The molecule has 0 spiro atoms. The van der Waals surface area contributed by atoms with Crippen molar-refractivity contribution >= 4 is 67.3 Å². The van der Waals surface area contributed by atoms with E-state index in [9.17, 15) is 12.8 Å². The molecule has 0 aliphatic carbocycles. The van der Waals surface area contributed by atoms with Crippen LogP contribution in [-0.2, 0) is 48.5 Å². The number of tetrazole rings is 1. The first kappa shape index (κ1) is 56.9. The summed E-state index contributed by atoms with van der Waals surface area (Å²) >= 11 is 19.9. The molecule has 292 valence electrons. The van der Waals surface area contributed by atoms with Gasteiger partial charge in [-0.15, -0.1) is 10.2 Å². The molecule has 4 aromatic heterocycles. The molecule has 1 aliphatic heterocycles. The molecule has 0 radical (unpaired) electrons. The Labute approximate surface area is 433 Å². The fourth-order valence-corrected chi connectivity index (χ4v) is 4.37. The summed E-state index contributed by atoms with van der Waals surface area (Å²) in [6.45, 7) is 3.03. The van der Waals surface area contributed by atoms with Gasteiger partial charge in [0.15, 0.2) is 0 Å². The number of alkyl halides is 1. The Bertz CT molecular complexity index is 2030. The zero-order valence-electron chi connectivity index (χ0n) is 32.1. The molecule has 4 aromatic rings. The minimum Gasteiger partial charge on any atom is -1.00 e. The molecule has 1 atom stereocenters. The van der Waals surface area contributed by atoms with Crippen molar-refractivity contribution in [2.75, 3.05) is 20.0 Å². The molecule has 18 nitrogen and oxygen atoms in total. The number of ether oxygens (including phenoxy) is 1. The van der Waals surface area contributed by atoms with Gasteiger partial charge < -0.3 is 21.4 Å². The van der Waals surface area contributed by atoms with Gasteiger partial charge in [-0.1, -0.05) is 34.8 Å². The Morgan fingerprint density at radius 1 is 1.05 bits per heavy atom. The van der Waals surface area contributed by atoms with E-state index in [2.05, 4.69) is 62.3 Å². The number of hydrogen-bond donors (Lipinski definition) is 1. The van der Waals surface area contributed by atoms with Crippen molar-refractivity contribution in [1.29, 1.82) is 15.8 Å². The summed E-state index contributed by atoms with van der Waals surface area (Å²) in [7, 11) is -4.50. The second kappa shape index (κ2) is 34.6. The zero-order valence-corrected chi connectivity index (χ0v) is 41.1. The summed E-state index contributed by atoms with van der Waals surface area (Å²) in [5.41, 5.74) is 2.65. The minimum absolute atomic E-state index is 0. The van der Waals surface area contributed by atoms with E-state index in [1.165, 1.54) is 42.2 Å². The predicted molar refractivity (Wildman–Crippen MR) is 192 cm³/mol. The predicted octanol–water partition coefficient (Wildman–Crippen LogP) is -2.09. The number of aliphatic hydroxyl groups excluding tert-OH is 1. The van der Waals surface area contributed by atoms with Crippen molar-refractivity contribution in [3.63, 3.8) is 0 Å². The molecule has 56 heavy (non-hydrogen) atoms. The van der Waals surface area contributed by atoms with E-state index in [1.807, 2.05) is 18.2 Å². The maximum atomic E-state index is 10.7. The summed E-state index contributed by atoms with van der Waals surface area (Å²) < 4.78 is 47.0. The number of nitriles is 3. The molecular formula is C30H31BrCl3FK2N10O8S. The van der Waals surface area contributed by atoms with Crippen LogP contribution in [-0.4, -0.2) is 81.3 Å². The Kier molecular flexibility index (Phi) is 35.2. The van der Waals surface area contributed by atoms with Crippen LogP contribution >= 0.6 is 50.7 Å². The maximum absolute atomic E-state index is 10.7. The Hall–Kier alpha value is -1.20. The molecule has 0 saturated carbocycles. The molecule has 1 saturated heterocycles. The van der Waals surface area contributed by atoms with Crippen molar-refractivity contribution in [3.8, 4) is 18.2 Å². The molecule has 1 fully saturated rings. The van der Waals surface area contributed by atoms with Crippen LogP contribution in [0.5, 0.6) is 0 Å². The molecule has 0 bridgehead atoms. The van der Waals surface area contributed by atoms with Crippen LogP contribution in [0.2, 0.25) is 15.5 Å². The molecule has 5 rings (SSSR count). The number of aromatic nitrogens is 7. The molecule has 1 N–H and O–H groups in total. The van der Waals surface area contributed by atoms with Gasteiger partial charge >= 0.3 is 103 Å². The number of hydrogen-bond acceptors (Lipinski definition) is 17. The van der Waals surface area contributed by atoms with Gasteiger partial charge in [0.2, 0.25) is 4.73 Å². The second-order valence-electron chi connectivity index (χ2n) is 9.61. The van der Waals surface area contributed by atoms with Gasteiger partial charge in [0, 0.05) is 25.2 Å². The van der Waals surface area contributed by atoms with Gasteiger partial charge in [-0.25, -0.2) is 15.0 Å². The van der Waals surface area contributed by atoms with Crippen LogP contribution in [0.15, 0.2) is 41.5 Å². The third-order valence-electron chi connectivity index (χ3n) is 5.62. The SMILES string of the molecule is CC1CCCO1.CS(=O)(=O)OCc1cnc(Cl)c(C#N)c1.N#Cc1cc(CO)cnc1Cl.N#Cc1cc(Cn2nnc(Br)n2)cnc1Cl.O=CO[O-].[2H]CF.[H-].[K+].[K+]. The monoisotopic (exact) mass is 973 g/mol. The second-order valence-corrected chi connectivity index (χ2v) is 13.0. The van der Waals surface area contributed by atoms with Crippen LogP contribution in [0.25, 0.3) is 0 Å². The fraction of sp³-hybridized carbons (Fsp3) is 0.333. The molecule has 1 aliphatic rings. The van der Waals surface area contributed by atoms with Gasteiger partial charge in [-0.05, 0) is 75.8 Å². The van der Waals surface area contributed by atoms with Crippen LogP contribution < -0.4 is 108 Å². The van der Waals surface area contributed by atoms with Gasteiger partial charge in [-0.3, -0.25) is 13.4 Å². The topological polar surface area (TPSA) is 276 Å². The molecule has 0 amide bonds. The summed E-state index contributed by atoms with van der Waals surface area (Å²) in [6, 6.07) is 10.2. The molecule has 26 heteroatoms. The largest absolute Gasteiger partial charge is 1.00 e. The average Bonchev–Trinajstić information content (AvgIpc) is 3.83. The Morgan fingerprint density at radius 2 is 1.50 bits per heavy atom. The molecule has 1 unspecified atom stereocenters. The van der Waals surface area contributed by atoms with E-state index in [0.29, 0.717) is 39.6 Å². The Morgan fingerprint density at radius 3 is 1.84 bits per heavy atom. The van der Waals surface area contributed by atoms with Gasteiger partial charge in [-0.2, -0.15) is 29.0 Å². The standard InChI is InChI=1S/C8H4BrClN6.C8H7ClN2O3S.C7H5ClN2O.C5H10O.CH3F.CH2O3.2K.H/c9-8-13-15-16(14-8)4-5-1-6(2-11)7(10)12-3-5;1-15(12,13)14-5-6-2-7(3-10)8(9)11-4-6;8-7-6(2-9)1-5(4-11)3-10-7;1-5-3-2-4-6-5;1-2;2-1-4-3;;;/h1,3H,4H2;2,4H,5H2,1H3;1,3,11H,4H2;5H,2-4H2,1H3;1H3;1,3H;;;/q;;;;;;2*+1;-1/p-1/i;;;;1D;;;;. The van der Waals surface area contributed by atoms with Crippen LogP contribution in [0.1, 0.15) is 55.9 Å². The molecule has 5 heterocycles. The first-order valence-corrected chi connectivity index (χ1v) is 18.1. The average molecular weight is 976 g/mol. The number of carbonyl (C=O) groups is 1. The van der Waals surface area contributed by atoms with Gasteiger partial charge in [0.1, 0.15) is 33.7 Å². The van der Waals surface area contributed by atoms with Gasteiger partial charge in [0.05, 0.1) is 57.3 Å². The number of pyridine rings is 3. The smallest absolute Gasteiger partial charge is 1.00 e. The van der Waals surface area contributed by atoms with E-state index >= 15 is 0 Å². The quantitative estimate of drug-likeness (QED) is 0.0519. The maximum Gasteiger partial charge on any atom is 1.00 e. The van der Waals surface area contributed by atoms with E-state index in [4.69, 9.17) is 71.9 Å². The first-order valence-electron chi connectivity index (χ1n) is 15.0. The fourth-order valence-electron chi connectivity index (χ4n) is 3.33. The zero-order chi connectivity index (χ0) is 41.8. The number of carbonyl (C=O) groups excluding carboxylic acids is 1. The summed E-state index contributed by atoms with van der Waals surface area (Å²) in [4.78, 5) is 24.0. The van der Waals surface area contributed by atoms with Crippen LogP contribution in [0, 0.1) is 34.0 Å². The van der Waals surface area contributed by atoms with Crippen molar-refractivity contribution in [2.24, 2.45) is 0 Å². The third kappa shape index (κ3) is 26.7. The minimum atomic E-state index is -3.50. The molecular weight excluding hydrogens is 944 g/mol. The number of halogens is 5. The van der Waals surface area contributed by atoms with Crippen molar-refractivity contribution in [1.82, 2.24) is 35.2 Å². The van der Waals surface area contributed by atoms with Crippen molar-refractivity contribution in [3.05, 3.63) is 90.4 Å². The van der Waals surface area contributed by atoms with Gasteiger partial charge in [0.25, 0.3) is 16.6 Å². The van der Waals surface area contributed by atoms with E-state index in [1.54, 1.807) is 12.3 Å². The normalized spacial score (nSPS) is 12.0. The summed E-state index contributed by atoms with van der Waals surface area (Å²) in [5.74, 6) is 0. The van der Waals surface area contributed by atoms with E-state index in [0.717, 1.165) is 18.4 Å². The van der Waals surface area contributed by atoms with Crippen LogP contribution in [0.4, 0.5) is 4.39 Å². The third-order valence-corrected chi connectivity index (χ3v) is 7.39. The summed E-state index contributed by atoms with van der Waals surface area (Å²) in [5, 5.41) is 54.8. The van der Waals surface area contributed by atoms with Crippen LogP contribution in [0.3, 0.4) is 0 Å². The summed E-state index contributed by atoms with van der Waals surface area (Å²) in [6.07, 6.45) is 8.38. The van der Waals surface area contributed by atoms with E-state index < -0.39 is 17.3 Å². The van der Waals surface area contributed by atoms with E-state index in [-0.39, 0.29) is 145 Å². The van der Waals surface area contributed by atoms with Crippen molar-refractivity contribution in [2.45, 2.75) is 45.6 Å². The first-order chi connectivity index (χ1) is 26.1. The Balaban J connectivity index is -0.000000323. The number of aliphatic hydroxyl groups is 1. The number of rotatable bonds is 7.